The second kappa shape index (κ2) is 7.45. The summed E-state index contributed by atoms with van der Waals surface area (Å²) in [5, 5.41) is 12.7. The highest BCUT2D eigenvalue weighted by molar-refractivity contribution is 5.79. The third kappa shape index (κ3) is 3.74. The van der Waals surface area contributed by atoms with Crippen LogP contribution < -0.4 is 10.1 Å². The Morgan fingerprint density at radius 1 is 1.29 bits per heavy atom. The molecule has 1 saturated carbocycles. The van der Waals surface area contributed by atoms with E-state index in [0.29, 0.717) is 18.6 Å². The van der Waals surface area contributed by atoms with E-state index in [-0.39, 0.29) is 30.4 Å². The summed E-state index contributed by atoms with van der Waals surface area (Å²) in [5.74, 6) is 0.856. The molecule has 1 aliphatic rings. The summed E-state index contributed by atoms with van der Waals surface area (Å²) in [4.78, 5) is 16.9. The first-order valence-corrected chi connectivity index (χ1v) is 8.17. The van der Waals surface area contributed by atoms with Gasteiger partial charge in [-0.05, 0) is 37.0 Å². The molecule has 1 fully saturated rings. The van der Waals surface area contributed by atoms with Crippen molar-refractivity contribution in [1.82, 2.24) is 10.3 Å². The smallest absolute Gasteiger partial charge is 0.225 e. The molecule has 0 spiro atoms. The van der Waals surface area contributed by atoms with Crippen LogP contribution in [0.4, 0.5) is 0 Å². The minimum atomic E-state index is -0.271. The third-order valence-electron chi connectivity index (χ3n) is 4.49. The van der Waals surface area contributed by atoms with Crippen molar-refractivity contribution in [1.29, 1.82) is 0 Å². The molecule has 2 aromatic rings. The SMILES string of the molecule is COc1ccccc1CC(=O)N[C@@H](c1ccccn1)C1CC(O)C1. The summed E-state index contributed by atoms with van der Waals surface area (Å²) < 4.78 is 5.30. The monoisotopic (exact) mass is 326 g/mol. The highest BCUT2D eigenvalue weighted by atomic mass is 16.5. The number of amides is 1. The molecule has 1 aromatic heterocycles. The molecule has 1 amide bonds. The molecule has 0 aliphatic heterocycles. The van der Waals surface area contributed by atoms with Crippen LogP contribution in [-0.4, -0.2) is 29.2 Å². The van der Waals surface area contributed by atoms with Crippen molar-refractivity contribution < 1.29 is 14.6 Å². The first-order valence-electron chi connectivity index (χ1n) is 8.17. The number of aliphatic hydroxyl groups excluding tert-OH is 1. The number of nitrogens with one attached hydrogen (secondary N) is 1. The van der Waals surface area contributed by atoms with Gasteiger partial charge in [0.1, 0.15) is 5.75 Å². The molecule has 1 heterocycles. The van der Waals surface area contributed by atoms with Crippen LogP contribution in [0.2, 0.25) is 0 Å². The summed E-state index contributed by atoms with van der Waals surface area (Å²) in [6.07, 6.45) is 3.09. The van der Waals surface area contributed by atoms with E-state index in [1.807, 2.05) is 42.5 Å². The third-order valence-corrected chi connectivity index (χ3v) is 4.49. The maximum absolute atomic E-state index is 12.5. The number of rotatable bonds is 6. The van der Waals surface area contributed by atoms with Crippen molar-refractivity contribution in [2.75, 3.05) is 7.11 Å². The van der Waals surface area contributed by atoms with Gasteiger partial charge in [-0.15, -0.1) is 0 Å². The van der Waals surface area contributed by atoms with Gasteiger partial charge < -0.3 is 15.2 Å². The van der Waals surface area contributed by atoms with E-state index in [1.165, 1.54) is 0 Å². The Balaban J connectivity index is 1.71. The molecule has 24 heavy (non-hydrogen) atoms. The van der Waals surface area contributed by atoms with Crippen LogP contribution in [0.3, 0.4) is 0 Å². The predicted molar refractivity (Wildman–Crippen MR) is 90.5 cm³/mol. The molecular weight excluding hydrogens is 304 g/mol. The van der Waals surface area contributed by atoms with Gasteiger partial charge in [0.15, 0.2) is 0 Å². The minimum absolute atomic E-state index is 0.0726. The largest absolute Gasteiger partial charge is 0.496 e. The van der Waals surface area contributed by atoms with E-state index in [4.69, 9.17) is 4.74 Å². The average molecular weight is 326 g/mol. The molecule has 126 valence electrons. The lowest BCUT2D eigenvalue weighted by atomic mass is 9.76. The maximum atomic E-state index is 12.5. The number of aliphatic hydroxyl groups is 1. The number of hydrogen-bond donors (Lipinski definition) is 2. The summed E-state index contributed by atoms with van der Waals surface area (Å²) in [6, 6.07) is 13.0. The van der Waals surface area contributed by atoms with Crippen LogP contribution >= 0.6 is 0 Å². The fourth-order valence-corrected chi connectivity index (χ4v) is 3.14. The van der Waals surface area contributed by atoms with Gasteiger partial charge in [-0.1, -0.05) is 24.3 Å². The zero-order valence-electron chi connectivity index (χ0n) is 13.7. The van der Waals surface area contributed by atoms with Crippen molar-refractivity contribution in [3.8, 4) is 5.75 Å². The van der Waals surface area contributed by atoms with Crippen molar-refractivity contribution in [3.05, 3.63) is 59.9 Å². The quantitative estimate of drug-likeness (QED) is 0.854. The second-order valence-corrected chi connectivity index (χ2v) is 6.17. The Morgan fingerprint density at radius 2 is 2.04 bits per heavy atom. The first-order chi connectivity index (χ1) is 11.7. The number of nitrogens with zero attached hydrogens (tertiary/aromatic N) is 1. The van der Waals surface area contributed by atoms with Crippen LogP contribution in [0.5, 0.6) is 5.75 Å². The summed E-state index contributed by atoms with van der Waals surface area (Å²) in [7, 11) is 1.60. The fraction of sp³-hybridized carbons (Fsp3) is 0.368. The van der Waals surface area contributed by atoms with E-state index in [9.17, 15) is 9.90 Å². The number of benzene rings is 1. The van der Waals surface area contributed by atoms with Crippen LogP contribution in [0, 0.1) is 5.92 Å². The molecule has 5 nitrogen and oxygen atoms in total. The van der Waals surface area contributed by atoms with E-state index >= 15 is 0 Å². The van der Waals surface area contributed by atoms with Gasteiger partial charge in [0.25, 0.3) is 0 Å². The first kappa shape index (κ1) is 16.5. The van der Waals surface area contributed by atoms with E-state index < -0.39 is 0 Å². The van der Waals surface area contributed by atoms with Crippen LogP contribution in [-0.2, 0) is 11.2 Å². The number of carbonyl (C=O) groups is 1. The molecule has 0 bridgehead atoms. The number of carbonyl (C=O) groups excluding carboxylic acids is 1. The van der Waals surface area contributed by atoms with Gasteiger partial charge in [-0.3, -0.25) is 9.78 Å². The van der Waals surface area contributed by atoms with Gasteiger partial charge in [-0.2, -0.15) is 0 Å². The van der Waals surface area contributed by atoms with E-state index in [1.54, 1.807) is 13.3 Å². The van der Waals surface area contributed by atoms with Crippen LogP contribution in [0.25, 0.3) is 0 Å². The molecular formula is C19H22N2O3. The van der Waals surface area contributed by atoms with Crippen molar-refractivity contribution >= 4 is 5.91 Å². The highest BCUT2D eigenvalue weighted by Crippen LogP contribution is 2.37. The zero-order chi connectivity index (χ0) is 16.9. The minimum Gasteiger partial charge on any atom is -0.496 e. The lowest BCUT2D eigenvalue weighted by Gasteiger charge is -2.37. The Labute approximate surface area is 141 Å². The molecule has 1 aliphatic carbocycles. The van der Waals surface area contributed by atoms with Crippen molar-refractivity contribution in [2.45, 2.75) is 31.4 Å². The number of aromatic nitrogens is 1. The zero-order valence-corrected chi connectivity index (χ0v) is 13.7. The van der Waals surface area contributed by atoms with Gasteiger partial charge in [-0.25, -0.2) is 0 Å². The Bertz CT molecular complexity index is 684. The topological polar surface area (TPSA) is 71.5 Å². The highest BCUT2D eigenvalue weighted by Gasteiger charge is 2.36. The molecule has 5 heteroatoms. The maximum Gasteiger partial charge on any atom is 0.225 e. The molecule has 1 aromatic carbocycles. The molecule has 0 unspecified atom stereocenters. The predicted octanol–water partition coefficient (Wildman–Crippen LogP) is 2.26. The number of para-hydroxylation sites is 1. The van der Waals surface area contributed by atoms with Crippen LogP contribution in [0.1, 0.15) is 30.1 Å². The Kier molecular flexibility index (Phi) is 5.11. The lowest BCUT2D eigenvalue weighted by molar-refractivity contribution is -0.122. The normalized spacial score (nSPS) is 20.8. The van der Waals surface area contributed by atoms with Gasteiger partial charge >= 0.3 is 0 Å². The number of pyridine rings is 1. The summed E-state index contributed by atoms with van der Waals surface area (Å²) in [6.45, 7) is 0. The van der Waals surface area contributed by atoms with Crippen molar-refractivity contribution in [3.63, 3.8) is 0 Å². The number of methoxy groups -OCH3 is 1. The Hall–Kier alpha value is -2.40. The molecule has 2 N–H and O–H groups in total. The van der Waals surface area contributed by atoms with Crippen LogP contribution in [0.15, 0.2) is 48.7 Å². The van der Waals surface area contributed by atoms with E-state index in [2.05, 4.69) is 10.3 Å². The number of hydrogen-bond acceptors (Lipinski definition) is 4. The van der Waals surface area contributed by atoms with Gasteiger partial charge in [0, 0.05) is 11.8 Å². The van der Waals surface area contributed by atoms with Crippen molar-refractivity contribution in [2.24, 2.45) is 5.92 Å². The molecule has 1 atom stereocenters. The number of ether oxygens (including phenoxy) is 1. The molecule has 0 radical (unpaired) electrons. The summed E-state index contributed by atoms with van der Waals surface area (Å²) >= 11 is 0. The fourth-order valence-electron chi connectivity index (χ4n) is 3.14. The van der Waals surface area contributed by atoms with Gasteiger partial charge in [0.2, 0.25) is 5.91 Å². The molecule has 3 rings (SSSR count). The average Bonchev–Trinajstić information content (AvgIpc) is 2.58. The second-order valence-electron chi connectivity index (χ2n) is 6.17. The van der Waals surface area contributed by atoms with Gasteiger partial charge in [0.05, 0.1) is 31.4 Å². The standard InChI is InChI=1S/C19H22N2O3/c1-24-17-8-3-2-6-13(17)12-18(23)21-19(14-10-15(22)11-14)16-7-4-5-9-20-16/h2-9,14-15,19,22H,10-12H2,1H3,(H,21,23)/t14?,15?,19-/m1/s1. The van der Waals surface area contributed by atoms with E-state index in [0.717, 1.165) is 11.3 Å². The Morgan fingerprint density at radius 3 is 2.71 bits per heavy atom. The lowest BCUT2D eigenvalue weighted by Crippen LogP contribution is -2.42. The molecule has 0 saturated heterocycles. The summed E-state index contributed by atoms with van der Waals surface area (Å²) in [5.41, 5.74) is 1.69.